The molecule has 3 aromatic carbocycles. The summed E-state index contributed by atoms with van der Waals surface area (Å²) >= 11 is 0. The van der Waals surface area contributed by atoms with Gasteiger partial charge in [0, 0.05) is 37.2 Å². The van der Waals surface area contributed by atoms with Gasteiger partial charge in [0.2, 0.25) is 0 Å². The Morgan fingerprint density at radius 1 is 0.839 bits per heavy atom. The van der Waals surface area contributed by atoms with Crippen molar-refractivity contribution >= 4 is 40.7 Å². The zero-order chi connectivity index (χ0) is 21.4. The molecule has 5 rings (SSSR count). The molecule has 0 spiro atoms. The standard InChI is InChI=1S/C27H28N2OSi/c1-31(2,3)15-14-30-19-29-25-11-7-6-10-23(25)27-24(17-28-18-26(27)29)22-13-12-20-8-4-5-9-21(20)16-22/h4-13,16-18H,14-15,19H2,1-3H3. The van der Waals surface area contributed by atoms with Crippen LogP contribution in [0.25, 0.3) is 43.7 Å². The highest BCUT2D eigenvalue weighted by molar-refractivity contribution is 6.76. The molecule has 0 aliphatic rings. The van der Waals surface area contributed by atoms with Gasteiger partial charge in [-0.25, -0.2) is 0 Å². The van der Waals surface area contributed by atoms with Crippen LogP contribution in [0.15, 0.2) is 79.1 Å². The summed E-state index contributed by atoms with van der Waals surface area (Å²) in [5.41, 5.74) is 4.68. The molecule has 156 valence electrons. The second-order valence-electron chi connectivity index (χ2n) is 9.44. The quantitative estimate of drug-likeness (QED) is 0.211. The monoisotopic (exact) mass is 424 g/mol. The van der Waals surface area contributed by atoms with Gasteiger partial charge in [-0.2, -0.15) is 0 Å². The van der Waals surface area contributed by atoms with Gasteiger partial charge in [-0.05, 0) is 34.5 Å². The summed E-state index contributed by atoms with van der Waals surface area (Å²) in [7, 11) is -1.11. The Labute approximate surface area is 184 Å². The zero-order valence-electron chi connectivity index (χ0n) is 18.4. The van der Waals surface area contributed by atoms with Crippen LogP contribution >= 0.6 is 0 Å². The molecule has 4 heteroatoms. The fourth-order valence-corrected chi connectivity index (χ4v) is 4.99. The number of fused-ring (bicyclic) bond motifs is 4. The number of rotatable bonds is 6. The third kappa shape index (κ3) is 3.89. The van der Waals surface area contributed by atoms with Gasteiger partial charge < -0.3 is 9.30 Å². The first-order valence-electron chi connectivity index (χ1n) is 10.9. The molecule has 5 aromatic rings. The van der Waals surface area contributed by atoms with Gasteiger partial charge >= 0.3 is 0 Å². The minimum atomic E-state index is -1.11. The second kappa shape index (κ2) is 7.95. The number of hydrogen-bond acceptors (Lipinski definition) is 2. The van der Waals surface area contributed by atoms with Crippen LogP contribution in [0.4, 0.5) is 0 Å². The van der Waals surface area contributed by atoms with E-state index in [0.717, 1.165) is 12.1 Å². The SMILES string of the molecule is C[Si](C)(C)CCOCn1c2ccccc2c2c(-c3ccc4ccccc4c3)cncc21. The maximum absolute atomic E-state index is 6.14. The minimum absolute atomic E-state index is 0.553. The van der Waals surface area contributed by atoms with Crippen molar-refractivity contribution < 1.29 is 4.74 Å². The van der Waals surface area contributed by atoms with Crippen molar-refractivity contribution in [2.24, 2.45) is 0 Å². The first kappa shape index (κ1) is 20.0. The number of para-hydroxylation sites is 1. The third-order valence-corrected chi connectivity index (χ3v) is 7.66. The summed E-state index contributed by atoms with van der Waals surface area (Å²) in [4.78, 5) is 4.62. The van der Waals surface area contributed by atoms with E-state index in [9.17, 15) is 0 Å². The molecule has 0 radical (unpaired) electrons. The van der Waals surface area contributed by atoms with Gasteiger partial charge in [0.25, 0.3) is 0 Å². The molecule has 0 atom stereocenters. The molecule has 0 aliphatic heterocycles. The van der Waals surface area contributed by atoms with Crippen LogP contribution < -0.4 is 0 Å². The van der Waals surface area contributed by atoms with Crippen LogP contribution in [0.2, 0.25) is 25.7 Å². The average molecular weight is 425 g/mol. The van der Waals surface area contributed by atoms with Crippen LogP contribution in [0.5, 0.6) is 0 Å². The molecule has 0 amide bonds. The average Bonchev–Trinajstić information content (AvgIpc) is 3.10. The summed E-state index contributed by atoms with van der Waals surface area (Å²) < 4.78 is 8.41. The first-order valence-corrected chi connectivity index (χ1v) is 14.6. The third-order valence-electron chi connectivity index (χ3n) is 5.96. The van der Waals surface area contributed by atoms with E-state index in [2.05, 4.69) is 95.9 Å². The van der Waals surface area contributed by atoms with Gasteiger partial charge in [0.05, 0.1) is 17.2 Å². The highest BCUT2D eigenvalue weighted by Gasteiger charge is 2.16. The molecule has 0 unspecified atom stereocenters. The highest BCUT2D eigenvalue weighted by atomic mass is 28.3. The second-order valence-corrected chi connectivity index (χ2v) is 15.1. The number of aromatic nitrogens is 2. The Balaban J connectivity index is 1.62. The van der Waals surface area contributed by atoms with Crippen LogP contribution in [-0.4, -0.2) is 24.2 Å². The van der Waals surface area contributed by atoms with Crippen molar-refractivity contribution in [2.75, 3.05) is 6.61 Å². The van der Waals surface area contributed by atoms with Crippen molar-refractivity contribution in [3.05, 3.63) is 79.1 Å². The Bertz CT molecular complexity index is 1380. The number of pyridine rings is 1. The van der Waals surface area contributed by atoms with E-state index in [4.69, 9.17) is 4.74 Å². The van der Waals surface area contributed by atoms with Crippen molar-refractivity contribution in [3.8, 4) is 11.1 Å². The van der Waals surface area contributed by atoms with E-state index in [1.807, 2.05) is 12.4 Å². The summed E-state index contributed by atoms with van der Waals surface area (Å²) in [6, 6.07) is 24.9. The molecule has 2 heterocycles. The Morgan fingerprint density at radius 3 is 2.45 bits per heavy atom. The first-order chi connectivity index (χ1) is 15.0. The summed E-state index contributed by atoms with van der Waals surface area (Å²) in [6.45, 7) is 8.52. The van der Waals surface area contributed by atoms with Gasteiger partial charge in [-0.3, -0.25) is 4.98 Å². The van der Waals surface area contributed by atoms with E-state index in [1.165, 1.54) is 44.2 Å². The molecular weight excluding hydrogens is 396 g/mol. The van der Waals surface area contributed by atoms with Crippen LogP contribution in [-0.2, 0) is 11.5 Å². The van der Waals surface area contributed by atoms with Gasteiger partial charge in [0.15, 0.2) is 0 Å². The molecule has 0 aliphatic carbocycles. The maximum Gasteiger partial charge on any atom is 0.123 e. The van der Waals surface area contributed by atoms with Crippen LogP contribution in [0.3, 0.4) is 0 Å². The molecule has 0 saturated heterocycles. The normalized spacial score (nSPS) is 12.2. The molecule has 31 heavy (non-hydrogen) atoms. The van der Waals surface area contributed by atoms with Crippen LogP contribution in [0, 0.1) is 0 Å². The van der Waals surface area contributed by atoms with Crippen molar-refractivity contribution in [2.45, 2.75) is 32.4 Å². The Kier molecular flexibility index (Phi) is 5.12. The van der Waals surface area contributed by atoms with E-state index < -0.39 is 8.07 Å². The lowest BCUT2D eigenvalue weighted by Gasteiger charge is -2.16. The number of hydrogen-bond donors (Lipinski definition) is 0. The lowest BCUT2D eigenvalue weighted by Crippen LogP contribution is -2.22. The molecule has 0 saturated carbocycles. The molecule has 0 N–H and O–H groups in total. The van der Waals surface area contributed by atoms with Gasteiger partial charge in [-0.1, -0.05) is 74.2 Å². The molecular formula is C27H28N2OSi. The van der Waals surface area contributed by atoms with Crippen molar-refractivity contribution in [1.29, 1.82) is 0 Å². The van der Waals surface area contributed by atoms with Crippen molar-refractivity contribution in [1.82, 2.24) is 9.55 Å². The van der Waals surface area contributed by atoms with Gasteiger partial charge in [-0.15, -0.1) is 0 Å². The minimum Gasteiger partial charge on any atom is -0.361 e. The number of nitrogens with zero attached hydrogens (tertiary/aromatic N) is 2. The van der Waals surface area contributed by atoms with Crippen LogP contribution in [0.1, 0.15) is 0 Å². The molecule has 0 fully saturated rings. The highest BCUT2D eigenvalue weighted by Crippen LogP contribution is 2.37. The lowest BCUT2D eigenvalue weighted by atomic mass is 9.99. The Morgan fingerprint density at radius 2 is 1.61 bits per heavy atom. The maximum atomic E-state index is 6.14. The fraction of sp³-hybridized carbons (Fsp3) is 0.222. The summed E-state index contributed by atoms with van der Waals surface area (Å²) in [5, 5.41) is 4.99. The smallest absolute Gasteiger partial charge is 0.123 e. The predicted molar refractivity (Wildman–Crippen MR) is 134 cm³/mol. The largest absolute Gasteiger partial charge is 0.361 e. The Hall–Kier alpha value is -2.95. The van der Waals surface area contributed by atoms with E-state index in [1.54, 1.807) is 0 Å². The van der Waals surface area contributed by atoms with Crippen molar-refractivity contribution in [3.63, 3.8) is 0 Å². The van der Waals surface area contributed by atoms with E-state index in [0.29, 0.717) is 6.73 Å². The number of benzene rings is 3. The topological polar surface area (TPSA) is 27.1 Å². The molecule has 0 bridgehead atoms. The summed E-state index contributed by atoms with van der Waals surface area (Å²) in [6.07, 6.45) is 3.97. The van der Waals surface area contributed by atoms with E-state index in [-0.39, 0.29) is 0 Å². The molecule has 2 aromatic heterocycles. The molecule has 3 nitrogen and oxygen atoms in total. The lowest BCUT2D eigenvalue weighted by molar-refractivity contribution is 0.0929. The summed E-state index contributed by atoms with van der Waals surface area (Å²) in [5.74, 6) is 0. The number of ether oxygens (including phenoxy) is 1. The predicted octanol–water partition coefficient (Wildman–Crippen LogP) is 7.32. The van der Waals surface area contributed by atoms with E-state index >= 15 is 0 Å². The zero-order valence-corrected chi connectivity index (χ0v) is 19.4. The van der Waals surface area contributed by atoms with Gasteiger partial charge in [0.1, 0.15) is 6.73 Å². The fourth-order valence-electron chi connectivity index (χ4n) is 4.24.